The predicted octanol–water partition coefficient (Wildman–Crippen LogP) is 6.23. The first-order chi connectivity index (χ1) is 11.2. The minimum atomic E-state index is -0.0669. The van der Waals surface area contributed by atoms with Crippen molar-refractivity contribution in [3.63, 3.8) is 0 Å². The summed E-state index contributed by atoms with van der Waals surface area (Å²) in [5.41, 5.74) is 2.39. The summed E-state index contributed by atoms with van der Waals surface area (Å²) in [6.07, 6.45) is 11.6. The van der Waals surface area contributed by atoms with Crippen LogP contribution in [-0.4, -0.2) is 11.6 Å². The van der Waals surface area contributed by atoms with Crippen LogP contribution in [0, 0.1) is 11.3 Å². The second-order valence-corrected chi connectivity index (χ2v) is 7.39. The standard InChI is InChI=1S/C20H30O2.C2H6/c1-6-15(2)11-12-20(4,5)14-16(3)7-8-17-13-18(21)9-10-19(17)22;1-2/h9-11,13,16H,6-8,12,14H2,1-5H3;1-2H3/b15-11+;. The molecule has 0 saturated carbocycles. The summed E-state index contributed by atoms with van der Waals surface area (Å²) in [5, 5.41) is 0. The van der Waals surface area contributed by atoms with Crippen LogP contribution in [0.2, 0.25) is 0 Å². The minimum absolute atomic E-state index is 0.00689. The molecule has 24 heavy (non-hydrogen) atoms. The Morgan fingerprint density at radius 3 is 2.42 bits per heavy atom. The van der Waals surface area contributed by atoms with Gasteiger partial charge in [0.1, 0.15) is 0 Å². The molecule has 1 aliphatic carbocycles. The van der Waals surface area contributed by atoms with Crippen LogP contribution >= 0.6 is 0 Å². The molecule has 0 amide bonds. The van der Waals surface area contributed by atoms with Gasteiger partial charge in [-0.05, 0) is 68.6 Å². The van der Waals surface area contributed by atoms with E-state index in [9.17, 15) is 9.59 Å². The summed E-state index contributed by atoms with van der Waals surface area (Å²) < 4.78 is 0. The Balaban J connectivity index is 0.00000254. The first-order valence-corrected chi connectivity index (χ1v) is 9.36. The first-order valence-electron chi connectivity index (χ1n) is 9.36. The second-order valence-electron chi connectivity index (χ2n) is 7.39. The smallest absolute Gasteiger partial charge is 0.182 e. The molecule has 1 aliphatic rings. The zero-order valence-electron chi connectivity index (χ0n) is 16.7. The van der Waals surface area contributed by atoms with Crippen LogP contribution in [-0.2, 0) is 9.59 Å². The van der Waals surface area contributed by atoms with Crippen molar-refractivity contribution in [2.45, 2.75) is 80.6 Å². The van der Waals surface area contributed by atoms with Crippen molar-refractivity contribution >= 4 is 11.6 Å². The summed E-state index contributed by atoms with van der Waals surface area (Å²) in [6, 6.07) is 0. The van der Waals surface area contributed by atoms with Gasteiger partial charge in [0, 0.05) is 5.57 Å². The average molecular weight is 333 g/mol. The fourth-order valence-electron chi connectivity index (χ4n) is 2.88. The van der Waals surface area contributed by atoms with Crippen LogP contribution in [0.15, 0.2) is 35.5 Å². The van der Waals surface area contributed by atoms with Gasteiger partial charge >= 0.3 is 0 Å². The van der Waals surface area contributed by atoms with Crippen LogP contribution in [0.3, 0.4) is 0 Å². The van der Waals surface area contributed by atoms with Crippen molar-refractivity contribution < 1.29 is 9.59 Å². The van der Waals surface area contributed by atoms with Gasteiger partial charge in [-0.15, -0.1) is 0 Å². The van der Waals surface area contributed by atoms with E-state index < -0.39 is 0 Å². The number of hydrogen-bond donors (Lipinski definition) is 0. The molecule has 0 heterocycles. The summed E-state index contributed by atoms with van der Waals surface area (Å²) in [6.45, 7) is 15.2. The topological polar surface area (TPSA) is 34.1 Å². The third kappa shape index (κ3) is 9.00. The molecule has 0 aromatic heterocycles. The van der Waals surface area contributed by atoms with Gasteiger partial charge in [0.15, 0.2) is 11.6 Å². The molecule has 0 bridgehead atoms. The highest BCUT2D eigenvalue weighted by atomic mass is 16.1. The molecule has 0 fully saturated rings. The van der Waals surface area contributed by atoms with Gasteiger partial charge < -0.3 is 0 Å². The molecule has 0 saturated heterocycles. The number of hydrogen-bond acceptors (Lipinski definition) is 2. The van der Waals surface area contributed by atoms with Crippen LogP contribution in [0.1, 0.15) is 80.6 Å². The predicted molar refractivity (Wildman–Crippen MR) is 104 cm³/mol. The molecule has 1 rings (SSSR count). The maximum atomic E-state index is 11.7. The molecule has 2 heteroatoms. The highest BCUT2D eigenvalue weighted by Crippen LogP contribution is 2.32. The van der Waals surface area contributed by atoms with E-state index in [-0.39, 0.29) is 17.0 Å². The van der Waals surface area contributed by atoms with E-state index in [0.29, 0.717) is 17.9 Å². The Morgan fingerprint density at radius 2 is 1.83 bits per heavy atom. The van der Waals surface area contributed by atoms with E-state index in [1.54, 1.807) is 0 Å². The quantitative estimate of drug-likeness (QED) is 0.390. The summed E-state index contributed by atoms with van der Waals surface area (Å²) in [4.78, 5) is 23.1. The zero-order chi connectivity index (χ0) is 18.8. The van der Waals surface area contributed by atoms with Gasteiger partial charge in [-0.3, -0.25) is 9.59 Å². The molecule has 0 radical (unpaired) electrons. The van der Waals surface area contributed by atoms with Crippen molar-refractivity contribution in [2.75, 3.05) is 0 Å². The van der Waals surface area contributed by atoms with Gasteiger partial charge in [-0.1, -0.05) is 53.2 Å². The van der Waals surface area contributed by atoms with E-state index in [1.165, 1.54) is 23.8 Å². The number of carbonyl (C=O) groups is 2. The Hall–Kier alpha value is -1.44. The third-order valence-corrected chi connectivity index (χ3v) is 4.40. The van der Waals surface area contributed by atoms with E-state index in [0.717, 1.165) is 25.7 Å². The van der Waals surface area contributed by atoms with Crippen molar-refractivity contribution in [1.29, 1.82) is 0 Å². The molecule has 2 nitrogen and oxygen atoms in total. The van der Waals surface area contributed by atoms with Crippen LogP contribution in [0.5, 0.6) is 0 Å². The molecule has 0 aromatic rings. The second kappa shape index (κ2) is 11.2. The van der Waals surface area contributed by atoms with Crippen LogP contribution < -0.4 is 0 Å². The highest BCUT2D eigenvalue weighted by molar-refractivity contribution is 6.17. The van der Waals surface area contributed by atoms with Crippen molar-refractivity contribution in [2.24, 2.45) is 11.3 Å². The zero-order valence-corrected chi connectivity index (χ0v) is 16.7. The van der Waals surface area contributed by atoms with Crippen molar-refractivity contribution in [1.82, 2.24) is 0 Å². The summed E-state index contributed by atoms with van der Waals surface area (Å²) in [5.74, 6) is 0.468. The maximum absolute atomic E-state index is 11.7. The average Bonchev–Trinajstić information content (AvgIpc) is 2.55. The molecule has 136 valence electrons. The van der Waals surface area contributed by atoms with Crippen LogP contribution in [0.25, 0.3) is 0 Å². The third-order valence-electron chi connectivity index (χ3n) is 4.40. The largest absolute Gasteiger partial charge is 0.290 e. The number of carbonyl (C=O) groups excluding carboxylic acids is 2. The normalized spacial score (nSPS) is 16.5. The fourth-order valence-corrected chi connectivity index (χ4v) is 2.88. The Labute approximate surface area is 149 Å². The van der Waals surface area contributed by atoms with Crippen LogP contribution in [0.4, 0.5) is 0 Å². The Bertz CT molecular complexity index is 504. The van der Waals surface area contributed by atoms with E-state index >= 15 is 0 Å². The Morgan fingerprint density at radius 1 is 1.21 bits per heavy atom. The lowest BCUT2D eigenvalue weighted by atomic mass is 9.78. The molecule has 0 aliphatic heterocycles. The number of rotatable bonds is 8. The van der Waals surface area contributed by atoms with Gasteiger partial charge in [0.05, 0.1) is 0 Å². The lowest BCUT2D eigenvalue weighted by molar-refractivity contribution is -0.114. The first kappa shape index (κ1) is 22.6. The summed E-state index contributed by atoms with van der Waals surface area (Å²) in [7, 11) is 0. The molecule has 0 spiro atoms. The van der Waals surface area contributed by atoms with Gasteiger partial charge in [-0.2, -0.15) is 0 Å². The monoisotopic (exact) mass is 332 g/mol. The fraction of sp³-hybridized carbons (Fsp3) is 0.636. The molecule has 0 N–H and O–H groups in total. The van der Waals surface area contributed by atoms with Crippen molar-refractivity contribution in [3.8, 4) is 0 Å². The summed E-state index contributed by atoms with van der Waals surface area (Å²) >= 11 is 0. The SMILES string of the molecule is CC.CC/C(C)=C/CC(C)(C)CC(C)CCC1=CC(=O)C=CC1=O. The number of allylic oxidation sites excluding steroid dienone is 6. The lowest BCUT2D eigenvalue weighted by Crippen LogP contribution is -2.16. The van der Waals surface area contributed by atoms with Gasteiger partial charge in [-0.25, -0.2) is 0 Å². The molecule has 1 atom stereocenters. The van der Waals surface area contributed by atoms with E-state index in [2.05, 4.69) is 40.7 Å². The highest BCUT2D eigenvalue weighted by Gasteiger charge is 2.21. The molecular weight excluding hydrogens is 296 g/mol. The lowest BCUT2D eigenvalue weighted by Gasteiger charge is -2.27. The van der Waals surface area contributed by atoms with Gasteiger partial charge in [0.25, 0.3) is 0 Å². The minimum Gasteiger partial charge on any atom is -0.290 e. The van der Waals surface area contributed by atoms with Crippen molar-refractivity contribution in [3.05, 3.63) is 35.5 Å². The molecule has 1 unspecified atom stereocenters. The van der Waals surface area contributed by atoms with E-state index in [1.807, 2.05) is 13.8 Å². The van der Waals surface area contributed by atoms with Gasteiger partial charge in [0.2, 0.25) is 0 Å². The number of ketones is 2. The molecular formula is C22H36O2. The molecule has 0 aromatic carbocycles. The Kier molecular flexibility index (Phi) is 10.5. The maximum Gasteiger partial charge on any atom is 0.182 e. The van der Waals surface area contributed by atoms with E-state index in [4.69, 9.17) is 0 Å².